The summed E-state index contributed by atoms with van der Waals surface area (Å²) in [7, 11) is 0. The number of nitrogens with zero attached hydrogens (tertiary/aromatic N) is 20. The summed E-state index contributed by atoms with van der Waals surface area (Å²) in [5, 5.41) is 35.5. The molecule has 0 radical (unpaired) electrons. The zero-order chi connectivity index (χ0) is 97.5. The van der Waals surface area contributed by atoms with Gasteiger partial charge in [0.25, 0.3) is 0 Å². The molecule has 146 heavy (non-hydrogen) atoms. The Morgan fingerprint density at radius 1 is 0.144 bits per heavy atom. The summed E-state index contributed by atoms with van der Waals surface area (Å²) in [5.41, 5.74) is 21.7. The summed E-state index contributed by atoms with van der Waals surface area (Å²) in [6.45, 7) is 0. The van der Waals surface area contributed by atoms with Crippen LogP contribution in [0.15, 0.2) is 449 Å². The second-order valence-electron chi connectivity index (χ2n) is 35.1. The largest absolute Gasteiger partial charge is 0.308 e. The molecule has 0 unspecified atom stereocenters. The third-order valence-corrected chi connectivity index (χ3v) is 26.2. The first-order valence-electron chi connectivity index (χ1n) is 47.5. The first-order chi connectivity index (χ1) is 72.2. The van der Waals surface area contributed by atoms with Crippen molar-refractivity contribution in [1.82, 2.24) is 83.9 Å². The van der Waals surface area contributed by atoms with Crippen molar-refractivity contribution in [3.8, 4) is 234 Å². The summed E-state index contributed by atoms with van der Waals surface area (Å²) in [6.07, 6.45) is 0. The second-order valence-corrected chi connectivity index (χ2v) is 35.1. The zero-order valence-electron chi connectivity index (χ0n) is 77.7. The molecule has 0 amide bonds. The van der Waals surface area contributed by atoms with E-state index in [0.29, 0.717) is 154 Å². The molecule has 0 aliphatic rings. The van der Waals surface area contributed by atoms with E-state index in [1.807, 2.05) is 364 Å². The molecule has 678 valence electrons. The molecule has 20 nitrogen and oxygen atoms in total. The van der Waals surface area contributed by atoms with Crippen molar-refractivity contribution in [2.24, 2.45) is 0 Å². The topological polar surface area (TPSA) is 275 Å². The smallest absolute Gasteiger partial charge is 0.166 e. The average Bonchev–Trinajstić information content (AvgIpc) is 1.57. The van der Waals surface area contributed by atoms with Crippen molar-refractivity contribution in [3.63, 3.8) is 0 Å². The molecule has 0 saturated heterocycles. The van der Waals surface area contributed by atoms with Crippen LogP contribution in [0.1, 0.15) is 16.7 Å². The number of aromatic nitrogens is 17. The summed E-state index contributed by atoms with van der Waals surface area (Å²) >= 11 is 0. The van der Waals surface area contributed by atoms with Gasteiger partial charge in [0, 0.05) is 105 Å². The summed E-state index contributed by atoms with van der Waals surface area (Å²) in [4.78, 5) is 80.4. The van der Waals surface area contributed by atoms with Crippen LogP contribution in [0.5, 0.6) is 0 Å². The molecular weight excluding hydrogens is 1790 g/mol. The standard InChI is InChI=1S/C126H74N20/c127-75-78-49-51-79(52-50-78)80-53-55-89(56-54-80)120-142-125(100-63-57-90(98-47-27-25-45-96(98)76-128)73-110(100)145-106-65-59-92(121-134-112(81-29-9-1-10-30-81)130-113(135-121)82-31-11-2-12-32-82)69-102(106)103-70-93(60-66-107(103)145)122-136-114(83-33-13-3-14-34-83)131-115(137-122)84-35-15-4-16-36-84)144-126(143-120)101-64-58-91(99-48-28-26-46-97(99)77-129)74-111(101)146-108-67-61-94(123-138-116(85-37-17-5-18-38-85)132-117(139-123)86-39-19-6-20-40-86)71-104(108)105-72-95(62-68-109(105)146)124-140-118(87-41-21-7-22-42-87)133-119(141-124)88-43-23-8-24-44-88/h1-74H. The third-order valence-electron chi connectivity index (χ3n) is 26.2. The first kappa shape index (κ1) is 86.6. The predicted molar refractivity (Wildman–Crippen MR) is 574 cm³/mol. The van der Waals surface area contributed by atoms with Gasteiger partial charge in [-0.3, -0.25) is 0 Å². The van der Waals surface area contributed by atoms with Gasteiger partial charge in [-0.2, -0.15) is 15.8 Å². The molecule has 7 aromatic heterocycles. The molecule has 0 aliphatic heterocycles. The van der Waals surface area contributed by atoms with E-state index in [1.54, 1.807) is 0 Å². The van der Waals surface area contributed by atoms with E-state index in [9.17, 15) is 15.8 Å². The van der Waals surface area contributed by atoms with Gasteiger partial charge in [0.05, 0.1) is 68.3 Å². The summed E-state index contributed by atoms with van der Waals surface area (Å²) in [5.74, 6) is 6.69. The Hall–Kier alpha value is -20.9. The lowest BCUT2D eigenvalue weighted by molar-refractivity contribution is 1.06. The van der Waals surface area contributed by atoms with Crippen LogP contribution in [0.25, 0.3) is 259 Å². The highest BCUT2D eigenvalue weighted by Crippen LogP contribution is 2.47. The van der Waals surface area contributed by atoms with E-state index in [1.165, 1.54) is 0 Å². The second kappa shape index (κ2) is 37.4. The van der Waals surface area contributed by atoms with Crippen molar-refractivity contribution < 1.29 is 0 Å². The van der Waals surface area contributed by atoms with Gasteiger partial charge in [0.2, 0.25) is 0 Å². The van der Waals surface area contributed by atoms with Crippen LogP contribution < -0.4 is 0 Å². The van der Waals surface area contributed by atoms with Crippen LogP contribution in [0.2, 0.25) is 0 Å². The predicted octanol–water partition coefficient (Wildman–Crippen LogP) is 28.4. The van der Waals surface area contributed by atoms with Crippen molar-refractivity contribution in [3.05, 3.63) is 466 Å². The van der Waals surface area contributed by atoms with Crippen LogP contribution in [-0.4, -0.2) is 83.9 Å². The molecule has 25 rings (SSSR count). The van der Waals surface area contributed by atoms with Crippen molar-refractivity contribution in [2.75, 3.05) is 0 Å². The lowest BCUT2D eigenvalue weighted by atomic mass is 9.97. The van der Waals surface area contributed by atoms with Gasteiger partial charge in [-0.15, -0.1) is 0 Å². The average molecular weight is 1870 g/mol. The van der Waals surface area contributed by atoms with E-state index in [0.717, 1.165) is 110 Å². The van der Waals surface area contributed by atoms with Crippen LogP contribution >= 0.6 is 0 Å². The van der Waals surface area contributed by atoms with Crippen molar-refractivity contribution >= 4 is 43.6 Å². The van der Waals surface area contributed by atoms with Gasteiger partial charge in [0.15, 0.2) is 87.4 Å². The van der Waals surface area contributed by atoms with Gasteiger partial charge < -0.3 is 9.13 Å². The van der Waals surface area contributed by atoms with Crippen LogP contribution in [0.4, 0.5) is 0 Å². The van der Waals surface area contributed by atoms with Crippen LogP contribution in [-0.2, 0) is 0 Å². The number of benzene rings is 18. The molecule has 25 aromatic rings. The van der Waals surface area contributed by atoms with E-state index in [4.69, 9.17) is 74.8 Å². The first-order valence-corrected chi connectivity index (χ1v) is 47.5. The number of hydrogen-bond donors (Lipinski definition) is 0. The molecule has 0 atom stereocenters. The quantitative estimate of drug-likeness (QED) is 0.0685. The number of hydrogen-bond acceptors (Lipinski definition) is 18. The Balaban J connectivity index is 0.757. The highest BCUT2D eigenvalue weighted by Gasteiger charge is 2.29. The number of fused-ring (bicyclic) bond motifs is 6. The van der Waals surface area contributed by atoms with Gasteiger partial charge >= 0.3 is 0 Å². The Morgan fingerprint density at radius 2 is 0.336 bits per heavy atom. The van der Waals surface area contributed by atoms with E-state index < -0.39 is 0 Å². The van der Waals surface area contributed by atoms with Gasteiger partial charge in [-0.05, 0) is 155 Å². The maximum atomic E-state index is 11.2. The maximum absolute atomic E-state index is 11.2. The molecule has 0 aliphatic carbocycles. The molecule has 20 heteroatoms. The molecular formula is C126H74N20. The SMILES string of the molecule is N#Cc1ccc(-c2ccc(-c3nc(-c4ccc(-c5ccccc5C#N)cc4-n4c5ccc(-c6nc(-c7ccccc7)nc(-c7ccccc7)n6)cc5c5cc(-c6nc(-c7ccccc7)nc(-c7ccccc7)n6)ccc54)nc(-c4ccc(-c5ccccc5C#N)cc4-n4c5ccc(-c6nc(-c7ccccc7)nc(-c7ccccc7)n6)cc5c5cc(-c6nc(-c7ccccc7)nc(-c7ccccc7)n6)ccc54)n3)cc2)cc1. The van der Waals surface area contributed by atoms with Crippen LogP contribution in [0.3, 0.4) is 0 Å². The molecule has 7 heterocycles. The number of rotatable bonds is 20. The molecule has 0 spiro atoms. The fraction of sp³-hybridized carbons (Fsp3) is 0. The van der Waals surface area contributed by atoms with Gasteiger partial charge in [-0.25, -0.2) is 74.8 Å². The van der Waals surface area contributed by atoms with Gasteiger partial charge in [-0.1, -0.05) is 328 Å². The van der Waals surface area contributed by atoms with E-state index >= 15 is 0 Å². The fourth-order valence-electron chi connectivity index (χ4n) is 19.0. The maximum Gasteiger partial charge on any atom is 0.166 e. The Bertz CT molecular complexity index is 8460. The zero-order valence-corrected chi connectivity index (χ0v) is 77.7. The fourth-order valence-corrected chi connectivity index (χ4v) is 19.0. The third kappa shape index (κ3) is 16.5. The highest BCUT2D eigenvalue weighted by atomic mass is 15.1. The Kier molecular flexibility index (Phi) is 22.2. The minimum Gasteiger partial charge on any atom is -0.308 e. The minimum absolute atomic E-state index is 0.282. The number of nitriles is 3. The van der Waals surface area contributed by atoms with E-state index in [2.05, 4.69) is 112 Å². The Labute approximate surface area is 837 Å². The van der Waals surface area contributed by atoms with Crippen molar-refractivity contribution in [2.45, 2.75) is 0 Å². The molecule has 0 bridgehead atoms. The van der Waals surface area contributed by atoms with Gasteiger partial charge in [0.1, 0.15) is 0 Å². The normalized spacial score (nSPS) is 11.3. The summed E-state index contributed by atoms with van der Waals surface area (Å²) in [6, 6.07) is 155. The van der Waals surface area contributed by atoms with E-state index in [-0.39, 0.29) is 11.6 Å². The highest BCUT2D eigenvalue weighted by molar-refractivity contribution is 6.14. The lowest BCUT2D eigenvalue weighted by Crippen LogP contribution is -2.06. The molecule has 0 N–H and O–H groups in total. The molecule has 0 saturated carbocycles. The molecule has 18 aromatic carbocycles. The lowest BCUT2D eigenvalue weighted by Gasteiger charge is -2.19. The van der Waals surface area contributed by atoms with Crippen LogP contribution in [0, 0.1) is 34.0 Å². The molecule has 0 fully saturated rings. The minimum atomic E-state index is 0.282. The van der Waals surface area contributed by atoms with Crippen molar-refractivity contribution in [1.29, 1.82) is 15.8 Å². The summed E-state index contributed by atoms with van der Waals surface area (Å²) < 4.78 is 4.49. The monoisotopic (exact) mass is 1870 g/mol. The Morgan fingerprint density at radius 3 is 0.582 bits per heavy atom.